The number of hydrogen-bond acceptors (Lipinski definition) is 8. The number of nitrogens with zero attached hydrogens (tertiary/aromatic N) is 1. The molecule has 0 aromatic heterocycles. The normalized spacial score (nSPS) is 22.7. The van der Waals surface area contributed by atoms with Crippen molar-refractivity contribution >= 4 is 24.1 Å². The van der Waals surface area contributed by atoms with E-state index in [4.69, 9.17) is 18.9 Å². The number of carbonyl (C=O) groups is 4. The van der Waals surface area contributed by atoms with E-state index in [1.165, 1.54) is 6.08 Å². The monoisotopic (exact) mass is 481 g/mol. The first-order chi connectivity index (χ1) is 15.6. The third-order valence-corrected chi connectivity index (χ3v) is 4.92. The Labute approximate surface area is 202 Å². The molecule has 2 amide bonds. The summed E-state index contributed by atoms with van der Waals surface area (Å²) in [5, 5.41) is 0. The fourth-order valence-electron chi connectivity index (χ4n) is 3.79. The summed E-state index contributed by atoms with van der Waals surface area (Å²) in [6.07, 6.45) is 2.79. The summed E-state index contributed by atoms with van der Waals surface area (Å²) in [6.45, 7) is 17.5. The van der Waals surface area contributed by atoms with E-state index in [-0.39, 0.29) is 13.2 Å². The predicted octanol–water partition coefficient (Wildman–Crippen LogP) is 4.65. The van der Waals surface area contributed by atoms with E-state index in [9.17, 15) is 19.2 Å². The maximum absolute atomic E-state index is 13.3. The predicted molar refractivity (Wildman–Crippen MR) is 126 cm³/mol. The Hall–Kier alpha value is -2.84. The summed E-state index contributed by atoms with van der Waals surface area (Å²) in [5.74, 6) is -3.08. The Balaban J connectivity index is 3.62. The molecule has 0 bridgehead atoms. The molecular weight excluding hydrogens is 442 g/mol. The van der Waals surface area contributed by atoms with Crippen LogP contribution in [0.5, 0.6) is 0 Å². The second kappa shape index (κ2) is 12.0. The van der Waals surface area contributed by atoms with Gasteiger partial charge in [-0.15, -0.1) is 6.58 Å². The lowest BCUT2D eigenvalue weighted by molar-refractivity contribution is -0.150. The minimum atomic E-state index is -1.03. The molecule has 0 saturated heterocycles. The second-order valence-electron chi connectivity index (χ2n) is 10.0. The molecule has 0 aliphatic heterocycles. The van der Waals surface area contributed by atoms with Crippen LogP contribution in [0.2, 0.25) is 0 Å². The number of esters is 2. The van der Waals surface area contributed by atoms with Crippen molar-refractivity contribution in [2.75, 3.05) is 13.2 Å². The van der Waals surface area contributed by atoms with Gasteiger partial charge in [-0.2, -0.15) is 0 Å². The minimum absolute atomic E-state index is 0.119. The van der Waals surface area contributed by atoms with Crippen molar-refractivity contribution in [1.29, 1.82) is 0 Å². The molecule has 1 rings (SSSR count). The zero-order chi connectivity index (χ0) is 26.3. The summed E-state index contributed by atoms with van der Waals surface area (Å²) in [6, 6.07) is -1.03. The smallest absolute Gasteiger partial charge is 0.420 e. The van der Waals surface area contributed by atoms with Crippen molar-refractivity contribution in [3.8, 4) is 0 Å². The van der Waals surface area contributed by atoms with Crippen LogP contribution in [0.15, 0.2) is 24.8 Å². The molecule has 0 aromatic carbocycles. The summed E-state index contributed by atoms with van der Waals surface area (Å²) < 4.78 is 21.3. The van der Waals surface area contributed by atoms with Crippen LogP contribution in [-0.4, -0.2) is 59.5 Å². The first kappa shape index (κ1) is 29.2. The van der Waals surface area contributed by atoms with E-state index < -0.39 is 59.1 Å². The van der Waals surface area contributed by atoms with Crippen molar-refractivity contribution in [1.82, 2.24) is 4.90 Å². The average molecular weight is 482 g/mol. The number of rotatable bonds is 7. The third-order valence-electron chi connectivity index (χ3n) is 4.92. The maximum Gasteiger partial charge on any atom is 0.420 e. The van der Waals surface area contributed by atoms with Crippen LogP contribution in [0.4, 0.5) is 9.59 Å². The maximum atomic E-state index is 13.3. The highest BCUT2D eigenvalue weighted by atomic mass is 16.6. The molecule has 1 aliphatic rings. The molecule has 0 unspecified atom stereocenters. The van der Waals surface area contributed by atoms with Gasteiger partial charge in [-0.05, 0) is 67.7 Å². The first-order valence-electron chi connectivity index (χ1n) is 11.5. The van der Waals surface area contributed by atoms with E-state index in [0.29, 0.717) is 6.42 Å². The number of allylic oxidation sites excluding steroid dienone is 1. The number of imide groups is 1. The summed E-state index contributed by atoms with van der Waals surface area (Å²) >= 11 is 0. The highest BCUT2D eigenvalue weighted by Gasteiger charge is 2.53. The fourth-order valence-corrected chi connectivity index (χ4v) is 3.79. The molecule has 1 saturated carbocycles. The van der Waals surface area contributed by atoms with Gasteiger partial charge in [0, 0.05) is 12.0 Å². The van der Waals surface area contributed by atoms with Crippen LogP contribution in [-0.2, 0) is 28.5 Å². The lowest BCUT2D eigenvalue weighted by Crippen LogP contribution is -2.54. The molecule has 34 heavy (non-hydrogen) atoms. The van der Waals surface area contributed by atoms with Gasteiger partial charge in [-0.25, -0.2) is 19.3 Å². The highest BCUT2D eigenvalue weighted by molar-refractivity contribution is 5.90. The average Bonchev–Trinajstić information content (AvgIpc) is 3.02. The van der Waals surface area contributed by atoms with E-state index >= 15 is 0 Å². The van der Waals surface area contributed by atoms with Gasteiger partial charge in [-0.3, -0.25) is 4.79 Å². The van der Waals surface area contributed by atoms with Gasteiger partial charge in [0.15, 0.2) is 0 Å². The number of carbonyl (C=O) groups excluding carboxylic acids is 4. The van der Waals surface area contributed by atoms with Crippen molar-refractivity contribution in [3.63, 3.8) is 0 Å². The molecule has 192 valence electrons. The molecule has 4 atom stereocenters. The molecule has 9 heteroatoms. The van der Waals surface area contributed by atoms with Crippen LogP contribution < -0.4 is 0 Å². The van der Waals surface area contributed by atoms with Crippen LogP contribution in [0.25, 0.3) is 0 Å². The van der Waals surface area contributed by atoms with Crippen LogP contribution in [0.3, 0.4) is 0 Å². The first-order valence-corrected chi connectivity index (χ1v) is 11.5. The molecule has 0 N–H and O–H groups in total. The zero-order valence-electron chi connectivity index (χ0n) is 21.6. The highest BCUT2D eigenvalue weighted by Crippen LogP contribution is 2.43. The SMILES string of the molecule is C=C[C@H]1C[C@@H](/C=C/C(=O)OCC)[C@H](N(C(=O)OC(C)(C)C)C(=O)OC(C)(C)C)[C@@H]1C(=O)OCC. The van der Waals surface area contributed by atoms with Gasteiger partial charge >= 0.3 is 24.1 Å². The molecule has 9 nitrogen and oxygen atoms in total. The molecule has 1 fully saturated rings. The Morgan fingerprint density at radius 2 is 1.38 bits per heavy atom. The molecule has 0 radical (unpaired) electrons. The Morgan fingerprint density at radius 3 is 1.79 bits per heavy atom. The number of hydrogen-bond donors (Lipinski definition) is 0. The lowest BCUT2D eigenvalue weighted by atomic mass is 9.92. The van der Waals surface area contributed by atoms with Crippen LogP contribution in [0, 0.1) is 17.8 Å². The van der Waals surface area contributed by atoms with E-state index in [2.05, 4.69) is 6.58 Å². The van der Waals surface area contributed by atoms with Gasteiger partial charge < -0.3 is 18.9 Å². The van der Waals surface area contributed by atoms with Gasteiger partial charge in [0.05, 0.1) is 25.2 Å². The zero-order valence-corrected chi connectivity index (χ0v) is 21.6. The van der Waals surface area contributed by atoms with Crippen molar-refractivity contribution in [2.24, 2.45) is 17.8 Å². The summed E-state index contributed by atoms with van der Waals surface area (Å²) in [4.78, 5) is 52.4. The molecular formula is C25H39NO8. The Bertz CT molecular complexity index is 762. The van der Waals surface area contributed by atoms with Crippen molar-refractivity contribution in [3.05, 3.63) is 24.8 Å². The van der Waals surface area contributed by atoms with Crippen molar-refractivity contribution < 1.29 is 38.1 Å². The van der Waals surface area contributed by atoms with Crippen molar-refractivity contribution in [2.45, 2.75) is 79.1 Å². The molecule has 0 heterocycles. The fraction of sp³-hybridized carbons (Fsp3) is 0.680. The summed E-state index contributed by atoms with van der Waals surface area (Å²) in [7, 11) is 0. The van der Waals surface area contributed by atoms with Gasteiger partial charge in [0.1, 0.15) is 11.2 Å². The van der Waals surface area contributed by atoms with E-state index in [1.807, 2.05) is 0 Å². The standard InChI is InChI=1S/C25H39NO8/c1-10-16-15-17(13-14-18(27)31-11-2)20(19(16)21(28)32-12-3)26(22(29)33-24(4,5)6)23(30)34-25(7,8)9/h10,13-14,16-17,19-20H,1,11-12,15H2,2-9H3/b14-13+/t16-,17+,19+,20-/m0/s1. The number of amides is 2. The van der Waals surface area contributed by atoms with E-state index in [0.717, 1.165) is 4.90 Å². The van der Waals surface area contributed by atoms with E-state index in [1.54, 1.807) is 67.5 Å². The lowest BCUT2D eigenvalue weighted by Gasteiger charge is -2.35. The van der Waals surface area contributed by atoms with Gasteiger partial charge in [-0.1, -0.05) is 12.2 Å². The largest absolute Gasteiger partial charge is 0.466 e. The molecule has 1 aliphatic carbocycles. The number of ether oxygens (including phenoxy) is 4. The topological polar surface area (TPSA) is 108 Å². The minimum Gasteiger partial charge on any atom is -0.466 e. The van der Waals surface area contributed by atoms with Gasteiger partial charge in [0.2, 0.25) is 0 Å². The van der Waals surface area contributed by atoms with Crippen LogP contribution in [0.1, 0.15) is 61.8 Å². The Kier molecular flexibility index (Phi) is 10.3. The second-order valence-corrected chi connectivity index (χ2v) is 10.0. The van der Waals surface area contributed by atoms with Gasteiger partial charge in [0.25, 0.3) is 0 Å². The quantitative estimate of drug-likeness (QED) is 0.224. The molecule has 0 spiro atoms. The van der Waals surface area contributed by atoms with Crippen LogP contribution >= 0.6 is 0 Å². The Morgan fingerprint density at radius 1 is 0.882 bits per heavy atom. The third kappa shape index (κ3) is 8.50. The molecule has 0 aromatic rings. The summed E-state index contributed by atoms with van der Waals surface area (Å²) in [5.41, 5.74) is -1.83.